The van der Waals surface area contributed by atoms with Gasteiger partial charge in [-0.15, -0.1) is 0 Å². The second-order valence-electron chi connectivity index (χ2n) is 7.88. The van der Waals surface area contributed by atoms with Crippen LogP contribution in [0.5, 0.6) is 0 Å². The molecule has 1 aliphatic carbocycles. The second kappa shape index (κ2) is 8.58. The van der Waals surface area contributed by atoms with Crippen molar-refractivity contribution < 1.29 is 0 Å². The molecular weight excluding hydrogens is 384 g/mol. The Hall–Kier alpha value is -1.32. The lowest BCUT2D eigenvalue weighted by atomic mass is 9.81. The standard InChI is InChI=1S/C23H29BrN2/c24-20-7-4-8-22(17-20)25-21-13-15-26(16-14-21)23-11-9-19(10-12-23)18-5-2-1-3-6-18/h1-8,17,19,21,23,25H,9-16H2. The van der Waals surface area contributed by atoms with E-state index in [1.165, 1.54) is 57.3 Å². The summed E-state index contributed by atoms with van der Waals surface area (Å²) in [7, 11) is 0. The van der Waals surface area contributed by atoms with Crippen molar-refractivity contribution in [2.75, 3.05) is 18.4 Å². The van der Waals surface area contributed by atoms with E-state index in [1.54, 1.807) is 5.56 Å². The zero-order valence-corrected chi connectivity index (χ0v) is 17.0. The van der Waals surface area contributed by atoms with Gasteiger partial charge < -0.3 is 10.2 Å². The molecule has 26 heavy (non-hydrogen) atoms. The summed E-state index contributed by atoms with van der Waals surface area (Å²) in [5.74, 6) is 0.781. The van der Waals surface area contributed by atoms with Crippen LogP contribution in [0, 0.1) is 0 Å². The average molecular weight is 413 g/mol. The fourth-order valence-electron chi connectivity index (χ4n) is 4.72. The minimum atomic E-state index is 0.612. The van der Waals surface area contributed by atoms with Gasteiger partial charge in [0.15, 0.2) is 0 Å². The zero-order chi connectivity index (χ0) is 17.8. The number of nitrogens with zero attached hydrogens (tertiary/aromatic N) is 1. The lowest BCUT2D eigenvalue weighted by Gasteiger charge is -2.41. The van der Waals surface area contributed by atoms with Crippen molar-refractivity contribution in [3.05, 3.63) is 64.6 Å². The van der Waals surface area contributed by atoms with Gasteiger partial charge in [0.2, 0.25) is 0 Å². The van der Waals surface area contributed by atoms with Crippen molar-refractivity contribution in [2.45, 2.75) is 56.5 Å². The maximum atomic E-state index is 3.72. The molecule has 0 radical (unpaired) electrons. The van der Waals surface area contributed by atoms with Gasteiger partial charge in [-0.1, -0.05) is 52.3 Å². The summed E-state index contributed by atoms with van der Waals surface area (Å²) in [6.07, 6.45) is 7.94. The van der Waals surface area contributed by atoms with Gasteiger partial charge in [0.1, 0.15) is 0 Å². The third kappa shape index (κ3) is 4.50. The van der Waals surface area contributed by atoms with E-state index in [0.717, 1.165) is 16.4 Å². The van der Waals surface area contributed by atoms with Crippen LogP contribution >= 0.6 is 15.9 Å². The smallest absolute Gasteiger partial charge is 0.0353 e. The monoisotopic (exact) mass is 412 g/mol. The number of benzene rings is 2. The Labute approximate surface area is 166 Å². The summed E-state index contributed by atoms with van der Waals surface area (Å²) in [6, 6.07) is 21.1. The molecule has 138 valence electrons. The first kappa shape index (κ1) is 18.1. The first-order valence-corrected chi connectivity index (χ1v) is 10.9. The SMILES string of the molecule is Brc1cccc(NC2CCN(C3CCC(c4ccccc4)CC3)CC2)c1. The van der Waals surface area contributed by atoms with Gasteiger partial charge in [-0.2, -0.15) is 0 Å². The molecule has 1 heterocycles. The molecule has 3 heteroatoms. The molecule has 0 unspecified atom stereocenters. The molecule has 1 saturated heterocycles. The predicted octanol–water partition coefficient (Wildman–Crippen LogP) is 6.05. The third-order valence-corrected chi connectivity index (χ3v) is 6.70. The fraction of sp³-hybridized carbons (Fsp3) is 0.478. The van der Waals surface area contributed by atoms with Gasteiger partial charge in [0.05, 0.1) is 0 Å². The van der Waals surface area contributed by atoms with Crippen molar-refractivity contribution in [3.8, 4) is 0 Å². The molecule has 1 N–H and O–H groups in total. The molecule has 2 fully saturated rings. The molecule has 2 nitrogen and oxygen atoms in total. The molecule has 1 saturated carbocycles. The number of likely N-dealkylation sites (tertiary alicyclic amines) is 1. The first-order valence-electron chi connectivity index (χ1n) is 10.1. The van der Waals surface area contributed by atoms with E-state index in [1.807, 2.05) is 0 Å². The van der Waals surface area contributed by atoms with Gasteiger partial charge in [0, 0.05) is 35.3 Å². The largest absolute Gasteiger partial charge is 0.382 e. The number of anilines is 1. The van der Waals surface area contributed by atoms with Crippen LogP contribution in [0.3, 0.4) is 0 Å². The molecule has 0 bridgehead atoms. The highest BCUT2D eigenvalue weighted by atomic mass is 79.9. The lowest BCUT2D eigenvalue weighted by molar-refractivity contribution is 0.120. The van der Waals surface area contributed by atoms with Gasteiger partial charge in [0.25, 0.3) is 0 Å². The Kier molecular flexibility index (Phi) is 5.96. The van der Waals surface area contributed by atoms with Crippen LogP contribution in [0.25, 0.3) is 0 Å². The topological polar surface area (TPSA) is 15.3 Å². The van der Waals surface area contributed by atoms with E-state index in [0.29, 0.717) is 6.04 Å². The van der Waals surface area contributed by atoms with Crippen molar-refractivity contribution >= 4 is 21.6 Å². The predicted molar refractivity (Wildman–Crippen MR) is 114 cm³/mol. The van der Waals surface area contributed by atoms with E-state index in [-0.39, 0.29) is 0 Å². The Morgan fingerprint density at radius 2 is 1.54 bits per heavy atom. The first-order chi connectivity index (χ1) is 12.8. The minimum absolute atomic E-state index is 0.612. The molecule has 2 aliphatic rings. The van der Waals surface area contributed by atoms with Gasteiger partial charge in [-0.05, 0) is 68.2 Å². The number of halogens is 1. The number of hydrogen-bond acceptors (Lipinski definition) is 2. The van der Waals surface area contributed by atoms with E-state index >= 15 is 0 Å². The van der Waals surface area contributed by atoms with Crippen LogP contribution in [-0.4, -0.2) is 30.1 Å². The second-order valence-corrected chi connectivity index (χ2v) is 8.80. The molecular formula is C23H29BrN2. The Morgan fingerprint density at radius 1 is 0.808 bits per heavy atom. The molecule has 2 aromatic rings. The number of nitrogens with one attached hydrogen (secondary N) is 1. The van der Waals surface area contributed by atoms with E-state index in [9.17, 15) is 0 Å². The third-order valence-electron chi connectivity index (χ3n) is 6.21. The van der Waals surface area contributed by atoms with Crippen LogP contribution in [0.1, 0.15) is 50.0 Å². The maximum Gasteiger partial charge on any atom is 0.0353 e. The summed E-state index contributed by atoms with van der Waals surface area (Å²) in [5, 5.41) is 3.72. The molecule has 2 aromatic carbocycles. The fourth-order valence-corrected chi connectivity index (χ4v) is 5.12. The number of rotatable bonds is 4. The van der Waals surface area contributed by atoms with Crippen molar-refractivity contribution in [1.82, 2.24) is 4.90 Å². The highest BCUT2D eigenvalue weighted by Gasteiger charge is 2.29. The highest BCUT2D eigenvalue weighted by molar-refractivity contribution is 9.10. The normalized spacial score (nSPS) is 25.1. The summed E-state index contributed by atoms with van der Waals surface area (Å²) in [6.45, 7) is 2.48. The average Bonchev–Trinajstić information content (AvgIpc) is 2.70. The summed E-state index contributed by atoms with van der Waals surface area (Å²) in [4.78, 5) is 2.76. The summed E-state index contributed by atoms with van der Waals surface area (Å²) < 4.78 is 1.15. The van der Waals surface area contributed by atoms with Crippen molar-refractivity contribution in [3.63, 3.8) is 0 Å². The minimum Gasteiger partial charge on any atom is -0.382 e. The quantitative estimate of drug-likeness (QED) is 0.656. The Balaban J connectivity index is 1.24. The summed E-state index contributed by atoms with van der Waals surface area (Å²) >= 11 is 3.56. The Bertz CT molecular complexity index is 686. The molecule has 0 amide bonds. The number of piperidine rings is 1. The van der Waals surface area contributed by atoms with Crippen LogP contribution in [0.2, 0.25) is 0 Å². The lowest BCUT2D eigenvalue weighted by Crippen LogP contribution is -2.45. The van der Waals surface area contributed by atoms with Crippen molar-refractivity contribution in [1.29, 1.82) is 0 Å². The molecule has 0 atom stereocenters. The van der Waals surface area contributed by atoms with Crippen molar-refractivity contribution in [2.24, 2.45) is 0 Å². The van der Waals surface area contributed by atoms with Crippen LogP contribution < -0.4 is 5.32 Å². The van der Waals surface area contributed by atoms with Crippen LogP contribution in [0.4, 0.5) is 5.69 Å². The number of hydrogen-bond donors (Lipinski definition) is 1. The van der Waals surface area contributed by atoms with Crippen LogP contribution in [-0.2, 0) is 0 Å². The summed E-state index contributed by atoms with van der Waals surface area (Å²) in [5.41, 5.74) is 2.78. The molecule has 1 aliphatic heterocycles. The zero-order valence-electron chi connectivity index (χ0n) is 15.4. The highest BCUT2D eigenvalue weighted by Crippen LogP contribution is 2.35. The van der Waals surface area contributed by atoms with E-state index in [2.05, 4.69) is 80.7 Å². The molecule has 0 aromatic heterocycles. The van der Waals surface area contributed by atoms with Crippen LogP contribution in [0.15, 0.2) is 59.1 Å². The van der Waals surface area contributed by atoms with E-state index in [4.69, 9.17) is 0 Å². The Morgan fingerprint density at radius 3 is 2.23 bits per heavy atom. The van der Waals surface area contributed by atoms with Gasteiger partial charge in [-0.3, -0.25) is 0 Å². The molecule has 0 spiro atoms. The molecule has 4 rings (SSSR count). The van der Waals surface area contributed by atoms with Gasteiger partial charge >= 0.3 is 0 Å². The van der Waals surface area contributed by atoms with Gasteiger partial charge in [-0.25, -0.2) is 0 Å². The van der Waals surface area contributed by atoms with E-state index < -0.39 is 0 Å². The maximum absolute atomic E-state index is 3.72.